The zero-order chi connectivity index (χ0) is 21.6. The molecule has 0 spiro atoms. The van der Waals surface area contributed by atoms with Crippen LogP contribution in [0.15, 0.2) is 48.5 Å². The number of nitrogens with zero attached hydrogens (tertiary/aromatic N) is 2. The molecule has 0 atom stereocenters. The fourth-order valence-corrected chi connectivity index (χ4v) is 4.34. The molecule has 0 aliphatic carbocycles. The largest absolute Gasteiger partial charge is 0.352 e. The van der Waals surface area contributed by atoms with Gasteiger partial charge < -0.3 is 10.2 Å². The number of benzene rings is 2. The first-order valence-electron chi connectivity index (χ1n) is 11.2. The molecule has 6 nitrogen and oxygen atoms in total. The molecule has 162 valence electrons. The first-order valence-corrected chi connectivity index (χ1v) is 11.2. The molecular formula is C25H29N3O3. The van der Waals surface area contributed by atoms with Crippen LogP contribution in [0.4, 0.5) is 0 Å². The van der Waals surface area contributed by atoms with Gasteiger partial charge in [-0.15, -0.1) is 0 Å². The number of hydrogen-bond donors (Lipinski definition) is 1. The summed E-state index contributed by atoms with van der Waals surface area (Å²) in [6, 6.07) is 14.0. The molecule has 2 aromatic rings. The van der Waals surface area contributed by atoms with Crippen molar-refractivity contribution in [1.29, 1.82) is 0 Å². The van der Waals surface area contributed by atoms with Gasteiger partial charge in [0.15, 0.2) is 0 Å². The zero-order valence-corrected chi connectivity index (χ0v) is 17.8. The molecule has 0 bridgehead atoms. The summed E-state index contributed by atoms with van der Waals surface area (Å²) in [5.74, 6) is -0.701. The molecule has 1 fully saturated rings. The predicted molar refractivity (Wildman–Crippen MR) is 119 cm³/mol. The standard InChI is InChI=1S/C25H29N3O3/c29-23(26-13-8-16-27-14-5-1-2-6-15-27)20-10-7-9-19(17-20)18-28-24(30)21-11-3-4-12-22(21)25(28)31/h3-4,7,9-12,17H,1-2,5-6,8,13-16,18H2,(H,26,29). The molecule has 0 aromatic heterocycles. The third kappa shape index (κ3) is 5.02. The highest BCUT2D eigenvalue weighted by Crippen LogP contribution is 2.24. The molecule has 3 amide bonds. The first kappa shape index (κ1) is 21.2. The Balaban J connectivity index is 1.30. The number of amides is 3. The molecule has 2 aliphatic rings. The van der Waals surface area contributed by atoms with Crippen molar-refractivity contribution in [3.05, 3.63) is 70.8 Å². The van der Waals surface area contributed by atoms with E-state index < -0.39 is 0 Å². The lowest BCUT2D eigenvalue weighted by Crippen LogP contribution is -2.31. The number of rotatable bonds is 7. The molecule has 1 saturated heterocycles. The van der Waals surface area contributed by atoms with Crippen LogP contribution in [0.5, 0.6) is 0 Å². The topological polar surface area (TPSA) is 69.7 Å². The Morgan fingerprint density at radius 3 is 2.23 bits per heavy atom. The van der Waals surface area contributed by atoms with E-state index >= 15 is 0 Å². The molecule has 1 N–H and O–H groups in total. The van der Waals surface area contributed by atoms with Gasteiger partial charge in [-0.3, -0.25) is 19.3 Å². The monoisotopic (exact) mass is 419 g/mol. The van der Waals surface area contributed by atoms with Gasteiger partial charge in [0.25, 0.3) is 17.7 Å². The summed E-state index contributed by atoms with van der Waals surface area (Å²) < 4.78 is 0. The summed E-state index contributed by atoms with van der Waals surface area (Å²) in [7, 11) is 0. The van der Waals surface area contributed by atoms with E-state index in [9.17, 15) is 14.4 Å². The Morgan fingerprint density at radius 2 is 1.55 bits per heavy atom. The zero-order valence-electron chi connectivity index (χ0n) is 17.8. The summed E-state index contributed by atoms with van der Waals surface area (Å²) >= 11 is 0. The molecule has 2 aliphatic heterocycles. The van der Waals surface area contributed by atoms with Crippen LogP contribution >= 0.6 is 0 Å². The second kappa shape index (κ2) is 9.88. The quantitative estimate of drug-likeness (QED) is 0.551. The second-order valence-electron chi connectivity index (χ2n) is 8.31. The minimum absolute atomic E-state index is 0.125. The number of carbonyl (C=O) groups is 3. The number of likely N-dealkylation sites (tertiary alicyclic amines) is 1. The fourth-order valence-electron chi connectivity index (χ4n) is 4.34. The van der Waals surface area contributed by atoms with Crippen LogP contribution in [0.2, 0.25) is 0 Å². The summed E-state index contributed by atoms with van der Waals surface area (Å²) in [5.41, 5.74) is 2.17. The van der Waals surface area contributed by atoms with Gasteiger partial charge in [0.1, 0.15) is 0 Å². The van der Waals surface area contributed by atoms with Crippen LogP contribution in [0.25, 0.3) is 0 Å². The maximum Gasteiger partial charge on any atom is 0.261 e. The van der Waals surface area contributed by atoms with Crippen LogP contribution in [-0.4, -0.2) is 53.7 Å². The smallest absolute Gasteiger partial charge is 0.261 e. The highest BCUT2D eigenvalue weighted by molar-refractivity contribution is 6.21. The van der Waals surface area contributed by atoms with Gasteiger partial charge in [-0.2, -0.15) is 0 Å². The van der Waals surface area contributed by atoms with Crippen molar-refractivity contribution in [2.45, 2.75) is 38.6 Å². The third-order valence-corrected chi connectivity index (χ3v) is 6.04. The van der Waals surface area contributed by atoms with E-state index in [-0.39, 0.29) is 24.3 Å². The number of nitrogens with one attached hydrogen (secondary N) is 1. The van der Waals surface area contributed by atoms with Crippen molar-refractivity contribution < 1.29 is 14.4 Å². The van der Waals surface area contributed by atoms with Crippen molar-refractivity contribution >= 4 is 17.7 Å². The first-order chi connectivity index (χ1) is 15.1. The van der Waals surface area contributed by atoms with Gasteiger partial charge in [0.05, 0.1) is 17.7 Å². The maximum atomic E-state index is 12.6. The summed E-state index contributed by atoms with van der Waals surface area (Å²) in [6.45, 7) is 4.13. The molecule has 31 heavy (non-hydrogen) atoms. The Hall–Kier alpha value is -2.99. The van der Waals surface area contributed by atoms with E-state index in [0.717, 1.165) is 31.6 Å². The number of carbonyl (C=O) groups excluding carboxylic acids is 3. The Morgan fingerprint density at radius 1 is 0.871 bits per heavy atom. The number of fused-ring (bicyclic) bond motifs is 1. The lowest BCUT2D eigenvalue weighted by Gasteiger charge is -2.19. The number of imide groups is 1. The number of hydrogen-bond acceptors (Lipinski definition) is 4. The summed E-state index contributed by atoms with van der Waals surface area (Å²) in [5, 5.41) is 2.99. The van der Waals surface area contributed by atoms with Gasteiger partial charge in [-0.05, 0) is 68.7 Å². The van der Waals surface area contributed by atoms with E-state index in [1.165, 1.54) is 30.6 Å². The van der Waals surface area contributed by atoms with Crippen LogP contribution in [-0.2, 0) is 6.54 Å². The summed E-state index contributed by atoms with van der Waals surface area (Å²) in [4.78, 5) is 41.5. The molecular weight excluding hydrogens is 390 g/mol. The SMILES string of the molecule is O=C(NCCCN1CCCCCC1)c1cccc(CN2C(=O)c3ccccc3C2=O)c1. The lowest BCUT2D eigenvalue weighted by atomic mass is 10.1. The molecule has 0 radical (unpaired) electrons. The van der Waals surface area contributed by atoms with Crippen molar-refractivity contribution in [3.8, 4) is 0 Å². The molecule has 4 rings (SSSR count). The molecule has 0 unspecified atom stereocenters. The van der Waals surface area contributed by atoms with Gasteiger partial charge in [-0.25, -0.2) is 0 Å². The van der Waals surface area contributed by atoms with Crippen molar-refractivity contribution in [3.63, 3.8) is 0 Å². The highest BCUT2D eigenvalue weighted by atomic mass is 16.2. The van der Waals surface area contributed by atoms with Crippen LogP contribution < -0.4 is 5.32 Å². The van der Waals surface area contributed by atoms with Gasteiger partial charge in [-0.1, -0.05) is 37.1 Å². The second-order valence-corrected chi connectivity index (χ2v) is 8.31. The van der Waals surface area contributed by atoms with E-state index in [2.05, 4.69) is 10.2 Å². The van der Waals surface area contributed by atoms with Gasteiger partial charge in [0, 0.05) is 12.1 Å². The average Bonchev–Trinajstić information content (AvgIpc) is 2.97. The van der Waals surface area contributed by atoms with Crippen molar-refractivity contribution in [2.24, 2.45) is 0 Å². The Bertz CT molecular complexity index is 929. The lowest BCUT2D eigenvalue weighted by molar-refractivity contribution is 0.0642. The van der Waals surface area contributed by atoms with Crippen LogP contribution in [0, 0.1) is 0 Å². The minimum Gasteiger partial charge on any atom is -0.352 e. The maximum absolute atomic E-state index is 12.6. The normalized spacial score (nSPS) is 16.8. The highest BCUT2D eigenvalue weighted by Gasteiger charge is 2.34. The third-order valence-electron chi connectivity index (χ3n) is 6.04. The van der Waals surface area contributed by atoms with Crippen LogP contribution in [0.3, 0.4) is 0 Å². The van der Waals surface area contributed by atoms with E-state index in [0.29, 0.717) is 23.2 Å². The molecule has 0 saturated carbocycles. The van der Waals surface area contributed by atoms with E-state index in [4.69, 9.17) is 0 Å². The van der Waals surface area contributed by atoms with Gasteiger partial charge in [0.2, 0.25) is 0 Å². The van der Waals surface area contributed by atoms with E-state index in [1.807, 2.05) is 6.07 Å². The van der Waals surface area contributed by atoms with Crippen molar-refractivity contribution in [1.82, 2.24) is 15.1 Å². The molecule has 2 heterocycles. The minimum atomic E-state index is -0.288. The average molecular weight is 420 g/mol. The van der Waals surface area contributed by atoms with E-state index in [1.54, 1.807) is 42.5 Å². The molecule has 6 heteroatoms. The Labute approximate surface area is 183 Å². The Kier molecular flexibility index (Phi) is 6.77. The fraction of sp³-hybridized carbons (Fsp3) is 0.400. The predicted octanol–water partition coefficient (Wildman–Crippen LogP) is 3.48. The summed E-state index contributed by atoms with van der Waals surface area (Å²) in [6.07, 6.45) is 6.12. The van der Waals surface area contributed by atoms with Crippen molar-refractivity contribution in [2.75, 3.05) is 26.2 Å². The molecule has 2 aromatic carbocycles. The van der Waals surface area contributed by atoms with Gasteiger partial charge >= 0.3 is 0 Å². The van der Waals surface area contributed by atoms with Crippen LogP contribution in [0.1, 0.15) is 68.7 Å².